The third-order valence-corrected chi connectivity index (χ3v) is 5.38. The van der Waals surface area contributed by atoms with Crippen molar-refractivity contribution in [1.82, 2.24) is 0 Å². The number of aliphatic hydroxyl groups is 1. The van der Waals surface area contributed by atoms with E-state index in [4.69, 9.17) is 5.73 Å². The lowest BCUT2D eigenvalue weighted by Gasteiger charge is -2.28. The van der Waals surface area contributed by atoms with Crippen molar-refractivity contribution in [3.8, 4) is 0 Å². The van der Waals surface area contributed by atoms with Crippen LogP contribution < -0.4 is 5.73 Å². The fourth-order valence-corrected chi connectivity index (χ4v) is 3.93. The maximum Gasteiger partial charge on any atom is 0.249 e. The van der Waals surface area contributed by atoms with Gasteiger partial charge in [0.2, 0.25) is 5.91 Å². The number of Topliss-reactive ketones (excluding diaryl/α,β-unsaturated/α-hetero) is 2. The summed E-state index contributed by atoms with van der Waals surface area (Å²) in [6.07, 6.45) is 0.548. The zero-order valence-corrected chi connectivity index (χ0v) is 15.4. The molecular weight excluding hydrogens is 318 g/mol. The van der Waals surface area contributed by atoms with Crippen LogP contribution in [0.1, 0.15) is 70.3 Å². The van der Waals surface area contributed by atoms with E-state index in [0.717, 1.165) is 27.8 Å². The topological polar surface area (TPSA) is 97.5 Å². The van der Waals surface area contributed by atoms with Gasteiger partial charge in [-0.3, -0.25) is 14.4 Å². The van der Waals surface area contributed by atoms with Gasteiger partial charge in [0.05, 0.1) is 5.57 Å². The molecule has 1 aliphatic rings. The van der Waals surface area contributed by atoms with Crippen LogP contribution >= 0.6 is 0 Å². The predicted molar refractivity (Wildman–Crippen MR) is 95.8 cm³/mol. The maximum atomic E-state index is 12.5. The molecule has 5 heteroatoms. The summed E-state index contributed by atoms with van der Waals surface area (Å²) in [6.45, 7) is 9.24. The van der Waals surface area contributed by atoms with Crippen molar-refractivity contribution in [3.63, 3.8) is 0 Å². The van der Waals surface area contributed by atoms with E-state index in [1.165, 1.54) is 0 Å². The van der Waals surface area contributed by atoms with Gasteiger partial charge in [0.15, 0.2) is 11.6 Å². The molecule has 0 bridgehead atoms. The van der Waals surface area contributed by atoms with Crippen LogP contribution in [0.3, 0.4) is 0 Å². The van der Waals surface area contributed by atoms with Gasteiger partial charge in [0.1, 0.15) is 5.76 Å². The van der Waals surface area contributed by atoms with Crippen LogP contribution in [0.25, 0.3) is 0 Å². The van der Waals surface area contributed by atoms with Crippen molar-refractivity contribution in [2.45, 2.75) is 59.8 Å². The molecule has 1 saturated carbocycles. The number of carbonyl (C=O) groups excluding carboxylic acids is 3. The van der Waals surface area contributed by atoms with Crippen LogP contribution in [0.15, 0.2) is 11.3 Å². The van der Waals surface area contributed by atoms with Gasteiger partial charge in [-0.25, -0.2) is 0 Å². The molecule has 0 atom stereocenters. The molecular formula is C20H25NO4. The summed E-state index contributed by atoms with van der Waals surface area (Å²) in [5.74, 6) is -1.61. The Morgan fingerprint density at radius 2 is 1.52 bits per heavy atom. The van der Waals surface area contributed by atoms with Crippen LogP contribution in [-0.2, 0) is 9.59 Å². The summed E-state index contributed by atoms with van der Waals surface area (Å²) in [5, 5.41) is 9.86. The zero-order chi connectivity index (χ0) is 19.0. The number of carbonyl (C=O) groups is 3. The Morgan fingerprint density at radius 1 is 1.00 bits per heavy atom. The Hall–Kier alpha value is -2.43. The highest BCUT2D eigenvalue weighted by atomic mass is 16.3. The minimum atomic E-state index is -0.503. The average Bonchev–Trinajstić information content (AvgIpc) is 2.51. The van der Waals surface area contributed by atoms with E-state index in [-0.39, 0.29) is 48.1 Å². The standard InChI is InChI=1S/C20H25NO4/c1-6-14(22)19-15(23)7-13(8-16(19)24)17-10(3)9(2)11(4)18(12(17)5)20(21)25/h13,22H,6-8H2,1-5H3,(H2,21,25). The van der Waals surface area contributed by atoms with E-state index in [1.807, 2.05) is 27.7 Å². The Kier molecular flexibility index (Phi) is 5.16. The number of hydrogen-bond donors (Lipinski definition) is 2. The zero-order valence-electron chi connectivity index (χ0n) is 15.4. The minimum Gasteiger partial charge on any atom is -0.511 e. The van der Waals surface area contributed by atoms with E-state index >= 15 is 0 Å². The second kappa shape index (κ2) is 6.82. The Morgan fingerprint density at radius 3 is 1.96 bits per heavy atom. The molecule has 1 fully saturated rings. The molecule has 0 radical (unpaired) electrons. The van der Waals surface area contributed by atoms with Crippen LogP contribution in [0.2, 0.25) is 0 Å². The highest BCUT2D eigenvalue weighted by Gasteiger charge is 2.35. The lowest BCUT2D eigenvalue weighted by molar-refractivity contribution is -0.124. The van der Waals surface area contributed by atoms with Crippen molar-refractivity contribution in [2.24, 2.45) is 5.73 Å². The molecule has 0 unspecified atom stereocenters. The predicted octanol–water partition coefficient (Wildman–Crippen LogP) is 3.26. The molecule has 1 amide bonds. The summed E-state index contributed by atoms with van der Waals surface area (Å²) in [4.78, 5) is 36.8. The lowest BCUT2D eigenvalue weighted by Crippen LogP contribution is -2.28. The molecule has 1 aliphatic carbocycles. The molecule has 2 rings (SSSR count). The molecule has 1 aromatic carbocycles. The second-order valence-electron chi connectivity index (χ2n) is 6.78. The summed E-state index contributed by atoms with van der Waals surface area (Å²) in [5.41, 5.74) is 10.3. The SMILES string of the molecule is CCC(O)=C1C(=O)CC(c2c(C)c(C)c(C)c(C(N)=O)c2C)CC1=O. The van der Waals surface area contributed by atoms with Gasteiger partial charge in [-0.05, 0) is 61.4 Å². The maximum absolute atomic E-state index is 12.5. The molecule has 134 valence electrons. The summed E-state index contributed by atoms with van der Waals surface area (Å²) < 4.78 is 0. The molecule has 0 saturated heterocycles. The van der Waals surface area contributed by atoms with E-state index in [9.17, 15) is 19.5 Å². The van der Waals surface area contributed by atoms with Crippen molar-refractivity contribution in [2.75, 3.05) is 0 Å². The van der Waals surface area contributed by atoms with E-state index in [2.05, 4.69) is 0 Å². The highest BCUT2D eigenvalue weighted by molar-refractivity contribution is 6.22. The lowest BCUT2D eigenvalue weighted by atomic mass is 9.74. The first-order valence-electron chi connectivity index (χ1n) is 8.50. The normalized spacial score (nSPS) is 17.8. The molecule has 3 N–H and O–H groups in total. The first-order valence-corrected chi connectivity index (χ1v) is 8.50. The number of ketones is 2. The number of hydrogen-bond acceptors (Lipinski definition) is 4. The number of nitrogens with two attached hydrogens (primary N) is 1. The number of aliphatic hydroxyl groups excluding tert-OH is 1. The molecule has 0 heterocycles. The van der Waals surface area contributed by atoms with Crippen molar-refractivity contribution in [3.05, 3.63) is 44.7 Å². The number of benzene rings is 1. The van der Waals surface area contributed by atoms with E-state index in [1.54, 1.807) is 6.92 Å². The van der Waals surface area contributed by atoms with Crippen molar-refractivity contribution < 1.29 is 19.5 Å². The molecule has 0 aromatic heterocycles. The van der Waals surface area contributed by atoms with Crippen molar-refractivity contribution in [1.29, 1.82) is 0 Å². The van der Waals surface area contributed by atoms with E-state index in [0.29, 0.717) is 5.56 Å². The summed E-state index contributed by atoms with van der Waals surface area (Å²) >= 11 is 0. The number of primary amides is 1. The number of allylic oxidation sites excluding steroid dienone is 2. The third kappa shape index (κ3) is 3.11. The molecule has 25 heavy (non-hydrogen) atoms. The van der Waals surface area contributed by atoms with Crippen molar-refractivity contribution >= 4 is 17.5 Å². The van der Waals surface area contributed by atoms with E-state index < -0.39 is 5.91 Å². The largest absolute Gasteiger partial charge is 0.511 e. The van der Waals surface area contributed by atoms with Gasteiger partial charge in [-0.2, -0.15) is 0 Å². The van der Waals surface area contributed by atoms with Gasteiger partial charge >= 0.3 is 0 Å². The number of rotatable bonds is 3. The highest BCUT2D eigenvalue weighted by Crippen LogP contribution is 2.39. The molecule has 0 aliphatic heterocycles. The Bertz CT molecular complexity index is 798. The quantitative estimate of drug-likeness (QED) is 0.500. The fraction of sp³-hybridized carbons (Fsp3) is 0.450. The monoisotopic (exact) mass is 343 g/mol. The summed E-state index contributed by atoms with van der Waals surface area (Å²) in [6, 6.07) is 0. The first-order chi connectivity index (χ1) is 11.6. The summed E-state index contributed by atoms with van der Waals surface area (Å²) in [7, 11) is 0. The molecule has 5 nitrogen and oxygen atoms in total. The van der Waals surface area contributed by atoms with Crippen LogP contribution in [0.4, 0.5) is 0 Å². The third-order valence-electron chi connectivity index (χ3n) is 5.38. The van der Waals surface area contributed by atoms with Gasteiger partial charge < -0.3 is 10.8 Å². The molecule has 1 aromatic rings. The molecule has 0 spiro atoms. The Balaban J connectivity index is 2.60. The smallest absolute Gasteiger partial charge is 0.249 e. The van der Waals surface area contributed by atoms with Gasteiger partial charge in [0.25, 0.3) is 0 Å². The minimum absolute atomic E-state index is 0.0620. The van der Waals surface area contributed by atoms with Crippen LogP contribution in [0.5, 0.6) is 0 Å². The van der Waals surface area contributed by atoms with Gasteiger partial charge in [-0.15, -0.1) is 0 Å². The average molecular weight is 343 g/mol. The van der Waals surface area contributed by atoms with Crippen LogP contribution in [-0.4, -0.2) is 22.6 Å². The fourth-order valence-electron chi connectivity index (χ4n) is 3.93. The first kappa shape index (κ1) is 18.9. The second-order valence-corrected chi connectivity index (χ2v) is 6.78. The Labute approximate surface area is 147 Å². The van der Waals surface area contributed by atoms with Crippen LogP contribution in [0, 0.1) is 27.7 Å². The van der Waals surface area contributed by atoms with Gasteiger partial charge in [-0.1, -0.05) is 6.92 Å². The number of amides is 1. The van der Waals surface area contributed by atoms with Gasteiger partial charge in [0, 0.05) is 24.8 Å².